The highest BCUT2D eigenvalue weighted by molar-refractivity contribution is 5.30. The minimum atomic E-state index is -0.0452. The molecule has 0 saturated carbocycles. The van der Waals surface area contributed by atoms with Gasteiger partial charge in [-0.15, -0.1) is 0 Å². The molecule has 0 radical (unpaired) electrons. The first-order valence-corrected chi connectivity index (χ1v) is 4.75. The van der Waals surface area contributed by atoms with E-state index >= 15 is 0 Å². The molecule has 2 atom stereocenters. The molecular weight excluding hydrogens is 160 g/mol. The Morgan fingerprint density at radius 3 is 2.38 bits per heavy atom. The van der Waals surface area contributed by atoms with Crippen LogP contribution < -0.4 is 11.5 Å². The smallest absolute Gasteiger partial charge is 0.0448 e. The van der Waals surface area contributed by atoms with Crippen LogP contribution in [0.15, 0.2) is 24.3 Å². The van der Waals surface area contributed by atoms with E-state index in [1.54, 1.807) is 0 Å². The molecule has 1 aromatic carbocycles. The molecule has 0 aliphatic carbocycles. The van der Waals surface area contributed by atoms with Gasteiger partial charge in [-0.1, -0.05) is 31.2 Å². The third-order valence-corrected chi connectivity index (χ3v) is 2.36. The first kappa shape index (κ1) is 10.2. The molecular formula is C11H18N2. The number of aryl methyl sites for hydroxylation is 1. The molecule has 0 spiro atoms. The van der Waals surface area contributed by atoms with Gasteiger partial charge in [-0.05, 0) is 24.5 Å². The van der Waals surface area contributed by atoms with Crippen LogP contribution in [0.4, 0.5) is 0 Å². The molecule has 0 aliphatic heterocycles. The molecule has 1 aromatic rings. The Morgan fingerprint density at radius 2 is 1.85 bits per heavy atom. The van der Waals surface area contributed by atoms with Gasteiger partial charge in [0.15, 0.2) is 0 Å². The van der Waals surface area contributed by atoms with E-state index in [4.69, 9.17) is 11.5 Å². The normalized spacial score (nSPS) is 15.4. The lowest BCUT2D eigenvalue weighted by Crippen LogP contribution is -2.31. The van der Waals surface area contributed by atoms with Gasteiger partial charge in [0.2, 0.25) is 0 Å². The van der Waals surface area contributed by atoms with Crippen LogP contribution in [0.3, 0.4) is 0 Å². The maximum absolute atomic E-state index is 5.99. The van der Waals surface area contributed by atoms with E-state index < -0.39 is 0 Å². The summed E-state index contributed by atoms with van der Waals surface area (Å²) in [5, 5.41) is 0. The topological polar surface area (TPSA) is 52.0 Å². The lowest BCUT2D eigenvalue weighted by Gasteiger charge is -2.18. The van der Waals surface area contributed by atoms with Gasteiger partial charge >= 0.3 is 0 Å². The zero-order valence-electron chi connectivity index (χ0n) is 8.33. The molecule has 0 fully saturated rings. The van der Waals surface area contributed by atoms with Crippen LogP contribution in [0, 0.1) is 0 Å². The fourth-order valence-electron chi connectivity index (χ4n) is 1.46. The van der Waals surface area contributed by atoms with Gasteiger partial charge in [-0.2, -0.15) is 0 Å². The van der Waals surface area contributed by atoms with E-state index in [-0.39, 0.29) is 12.1 Å². The van der Waals surface area contributed by atoms with Crippen LogP contribution in [-0.2, 0) is 6.42 Å². The molecule has 4 N–H and O–H groups in total. The summed E-state index contributed by atoms with van der Waals surface area (Å²) >= 11 is 0. The van der Waals surface area contributed by atoms with Crippen molar-refractivity contribution in [3.05, 3.63) is 35.4 Å². The highest BCUT2D eigenvalue weighted by Crippen LogP contribution is 2.18. The van der Waals surface area contributed by atoms with Gasteiger partial charge in [0, 0.05) is 12.1 Å². The molecule has 13 heavy (non-hydrogen) atoms. The second-order valence-electron chi connectivity index (χ2n) is 3.44. The minimum absolute atomic E-state index is 0.00713. The predicted octanol–water partition coefficient (Wildman–Crippen LogP) is 1.60. The third-order valence-electron chi connectivity index (χ3n) is 2.36. The monoisotopic (exact) mass is 178 g/mol. The highest BCUT2D eigenvalue weighted by Gasteiger charge is 2.12. The molecule has 2 heteroatoms. The molecule has 0 heterocycles. The molecule has 0 saturated heterocycles. The Bertz CT molecular complexity index is 269. The van der Waals surface area contributed by atoms with Gasteiger partial charge in [0.1, 0.15) is 0 Å². The largest absolute Gasteiger partial charge is 0.326 e. The fourth-order valence-corrected chi connectivity index (χ4v) is 1.46. The van der Waals surface area contributed by atoms with Crippen LogP contribution in [0.5, 0.6) is 0 Å². The number of hydrogen-bond donors (Lipinski definition) is 2. The van der Waals surface area contributed by atoms with Crippen molar-refractivity contribution in [1.82, 2.24) is 0 Å². The van der Waals surface area contributed by atoms with Gasteiger partial charge in [0.25, 0.3) is 0 Å². The molecule has 0 bridgehead atoms. The fraction of sp³-hybridized carbons (Fsp3) is 0.455. The maximum atomic E-state index is 5.99. The lowest BCUT2D eigenvalue weighted by atomic mass is 9.95. The van der Waals surface area contributed by atoms with Gasteiger partial charge in [0.05, 0.1) is 0 Å². The van der Waals surface area contributed by atoms with E-state index in [9.17, 15) is 0 Å². The number of rotatable bonds is 3. The van der Waals surface area contributed by atoms with E-state index in [0.717, 1.165) is 6.42 Å². The maximum Gasteiger partial charge on any atom is 0.0448 e. The second-order valence-corrected chi connectivity index (χ2v) is 3.44. The Labute approximate surface area is 79.9 Å². The Kier molecular flexibility index (Phi) is 3.46. The van der Waals surface area contributed by atoms with E-state index in [1.807, 2.05) is 19.1 Å². The number of benzene rings is 1. The Hall–Kier alpha value is -0.860. The lowest BCUT2D eigenvalue weighted by molar-refractivity contribution is 0.584. The van der Waals surface area contributed by atoms with Crippen molar-refractivity contribution < 1.29 is 0 Å². The predicted molar refractivity (Wildman–Crippen MR) is 56.4 cm³/mol. The van der Waals surface area contributed by atoms with Crippen LogP contribution in [0.25, 0.3) is 0 Å². The van der Waals surface area contributed by atoms with E-state index in [0.29, 0.717) is 0 Å². The second kappa shape index (κ2) is 4.40. The van der Waals surface area contributed by atoms with Crippen molar-refractivity contribution in [1.29, 1.82) is 0 Å². The SMILES string of the molecule is CCc1ccccc1C(N)C(C)N. The van der Waals surface area contributed by atoms with Crippen molar-refractivity contribution >= 4 is 0 Å². The average molecular weight is 178 g/mol. The van der Waals surface area contributed by atoms with Crippen LogP contribution in [0.2, 0.25) is 0 Å². The zero-order valence-corrected chi connectivity index (χ0v) is 8.33. The van der Waals surface area contributed by atoms with Crippen LogP contribution >= 0.6 is 0 Å². The first-order valence-electron chi connectivity index (χ1n) is 4.75. The first-order chi connectivity index (χ1) is 6.16. The molecule has 0 aliphatic rings. The number of hydrogen-bond acceptors (Lipinski definition) is 2. The Morgan fingerprint density at radius 1 is 1.23 bits per heavy atom. The van der Waals surface area contributed by atoms with Crippen LogP contribution in [0.1, 0.15) is 31.0 Å². The molecule has 2 nitrogen and oxygen atoms in total. The zero-order chi connectivity index (χ0) is 9.84. The third kappa shape index (κ3) is 2.29. The summed E-state index contributed by atoms with van der Waals surface area (Å²) in [5.74, 6) is 0. The summed E-state index contributed by atoms with van der Waals surface area (Å²) in [6.07, 6.45) is 1.01. The summed E-state index contributed by atoms with van der Waals surface area (Å²) in [7, 11) is 0. The van der Waals surface area contributed by atoms with E-state index in [1.165, 1.54) is 11.1 Å². The summed E-state index contributed by atoms with van der Waals surface area (Å²) in [6.45, 7) is 4.07. The van der Waals surface area contributed by atoms with Crippen molar-refractivity contribution in [2.45, 2.75) is 32.4 Å². The molecule has 0 amide bonds. The molecule has 1 rings (SSSR count). The quantitative estimate of drug-likeness (QED) is 0.738. The van der Waals surface area contributed by atoms with Gasteiger partial charge in [-0.25, -0.2) is 0 Å². The Balaban J connectivity index is 2.98. The van der Waals surface area contributed by atoms with Crippen molar-refractivity contribution in [2.24, 2.45) is 11.5 Å². The average Bonchev–Trinajstić information content (AvgIpc) is 2.16. The van der Waals surface area contributed by atoms with Crippen molar-refractivity contribution in [3.63, 3.8) is 0 Å². The summed E-state index contributed by atoms with van der Waals surface area (Å²) in [4.78, 5) is 0. The van der Waals surface area contributed by atoms with Gasteiger partial charge in [-0.3, -0.25) is 0 Å². The molecule has 0 aromatic heterocycles. The standard InChI is InChI=1S/C11H18N2/c1-3-9-6-4-5-7-10(9)11(13)8(2)12/h4-8,11H,3,12-13H2,1-2H3. The number of nitrogens with two attached hydrogens (primary N) is 2. The highest BCUT2D eigenvalue weighted by atomic mass is 14.8. The molecule has 2 unspecified atom stereocenters. The molecule has 72 valence electrons. The summed E-state index contributed by atoms with van der Waals surface area (Å²) in [5.41, 5.74) is 14.2. The van der Waals surface area contributed by atoms with Gasteiger partial charge < -0.3 is 11.5 Å². The summed E-state index contributed by atoms with van der Waals surface area (Å²) < 4.78 is 0. The minimum Gasteiger partial charge on any atom is -0.326 e. The van der Waals surface area contributed by atoms with Crippen LogP contribution in [-0.4, -0.2) is 6.04 Å². The van der Waals surface area contributed by atoms with Crippen molar-refractivity contribution in [3.8, 4) is 0 Å². The van der Waals surface area contributed by atoms with E-state index in [2.05, 4.69) is 19.1 Å². The van der Waals surface area contributed by atoms with Crippen molar-refractivity contribution in [2.75, 3.05) is 0 Å². The summed E-state index contributed by atoms with van der Waals surface area (Å²) in [6, 6.07) is 8.18.